The van der Waals surface area contributed by atoms with Gasteiger partial charge in [0.2, 0.25) is 17.6 Å². The highest BCUT2D eigenvalue weighted by Gasteiger charge is 2.20. The van der Waals surface area contributed by atoms with Crippen LogP contribution in [0.5, 0.6) is 0 Å². The van der Waals surface area contributed by atoms with Crippen molar-refractivity contribution in [2.45, 2.75) is 32.6 Å². The minimum atomic E-state index is 0.105. The molecule has 1 amide bonds. The molecule has 0 aliphatic carbocycles. The van der Waals surface area contributed by atoms with Crippen LogP contribution in [-0.2, 0) is 17.6 Å². The largest absolute Gasteiger partial charge is 0.346 e. The van der Waals surface area contributed by atoms with Gasteiger partial charge in [-0.05, 0) is 36.1 Å². The molecule has 0 bridgehead atoms. The first-order chi connectivity index (χ1) is 15.7. The molecule has 7 heteroatoms. The first kappa shape index (κ1) is 20.2. The highest BCUT2D eigenvalue weighted by Crippen LogP contribution is 2.28. The maximum Gasteiger partial charge on any atom is 0.227 e. The van der Waals surface area contributed by atoms with E-state index < -0.39 is 0 Å². The number of H-pyrrole nitrogens is 1. The second-order valence-electron chi connectivity index (χ2n) is 7.98. The van der Waals surface area contributed by atoms with Gasteiger partial charge >= 0.3 is 0 Å². The number of pyridine rings is 1. The summed E-state index contributed by atoms with van der Waals surface area (Å²) >= 11 is 0. The van der Waals surface area contributed by atoms with Gasteiger partial charge in [0, 0.05) is 54.8 Å². The monoisotopic (exact) mass is 427 g/mol. The summed E-state index contributed by atoms with van der Waals surface area (Å²) in [5.41, 5.74) is 5.50. The number of nitrogens with one attached hydrogen (secondary N) is 1. The summed E-state index contributed by atoms with van der Waals surface area (Å²) in [5, 5.41) is 5.19. The summed E-state index contributed by atoms with van der Waals surface area (Å²) in [6.45, 7) is 3.44. The Bertz CT molecular complexity index is 1270. The quantitative estimate of drug-likeness (QED) is 0.492. The van der Waals surface area contributed by atoms with E-state index in [-0.39, 0.29) is 5.91 Å². The second-order valence-corrected chi connectivity index (χ2v) is 7.98. The number of aryl methyl sites for hydroxylation is 2. The highest BCUT2D eigenvalue weighted by atomic mass is 16.5. The number of aromatic nitrogens is 4. The Balaban J connectivity index is 1.18. The van der Waals surface area contributed by atoms with Gasteiger partial charge in [0.1, 0.15) is 5.65 Å². The van der Waals surface area contributed by atoms with Gasteiger partial charge in [0.05, 0.1) is 0 Å². The second kappa shape index (κ2) is 8.78. The summed E-state index contributed by atoms with van der Waals surface area (Å²) in [4.78, 5) is 26.6. The number of carbonyl (C=O) groups is 1. The molecule has 0 saturated carbocycles. The Kier molecular flexibility index (Phi) is 5.54. The number of hydrogen-bond acceptors (Lipinski definition) is 5. The van der Waals surface area contributed by atoms with Crippen LogP contribution in [0.4, 0.5) is 0 Å². The van der Waals surface area contributed by atoms with Crippen molar-refractivity contribution in [3.8, 4) is 11.4 Å². The molecule has 0 fully saturated rings. The number of fused-ring (bicyclic) bond motifs is 1. The lowest BCUT2D eigenvalue weighted by Gasteiger charge is -2.26. The molecule has 1 aliphatic heterocycles. The van der Waals surface area contributed by atoms with Crippen LogP contribution in [0.1, 0.15) is 36.8 Å². The van der Waals surface area contributed by atoms with Crippen molar-refractivity contribution >= 4 is 22.5 Å². The van der Waals surface area contributed by atoms with E-state index in [4.69, 9.17) is 4.52 Å². The number of carbonyl (C=O) groups excluding carboxylic acids is 1. The normalized spacial score (nSPS) is 14.0. The Morgan fingerprint density at radius 1 is 1.22 bits per heavy atom. The summed E-state index contributed by atoms with van der Waals surface area (Å²) in [6, 6.07) is 12.2. The van der Waals surface area contributed by atoms with E-state index in [1.807, 2.05) is 29.3 Å². The van der Waals surface area contributed by atoms with Crippen LogP contribution in [-0.4, -0.2) is 44.0 Å². The number of nitrogens with zero attached hydrogens (tertiary/aromatic N) is 4. The topological polar surface area (TPSA) is 87.9 Å². The lowest BCUT2D eigenvalue weighted by atomic mass is 9.99. The van der Waals surface area contributed by atoms with Crippen LogP contribution in [0.15, 0.2) is 59.4 Å². The van der Waals surface area contributed by atoms with E-state index in [0.29, 0.717) is 37.6 Å². The molecule has 0 saturated heterocycles. The van der Waals surface area contributed by atoms with Crippen LogP contribution < -0.4 is 0 Å². The van der Waals surface area contributed by atoms with E-state index in [9.17, 15) is 4.79 Å². The average Bonchev–Trinajstić information content (AvgIpc) is 3.50. The van der Waals surface area contributed by atoms with Gasteiger partial charge in [-0.15, -0.1) is 0 Å². The van der Waals surface area contributed by atoms with Crippen LogP contribution >= 0.6 is 0 Å². The molecule has 32 heavy (non-hydrogen) atoms. The molecular formula is C25H25N5O2. The Labute approximate surface area is 186 Å². The number of aromatic amines is 1. The highest BCUT2D eigenvalue weighted by molar-refractivity contribution is 5.91. The zero-order valence-electron chi connectivity index (χ0n) is 18.0. The fourth-order valence-electron chi connectivity index (χ4n) is 4.10. The Morgan fingerprint density at radius 3 is 2.88 bits per heavy atom. The molecule has 0 spiro atoms. The van der Waals surface area contributed by atoms with E-state index >= 15 is 0 Å². The van der Waals surface area contributed by atoms with Crippen LogP contribution in [0.2, 0.25) is 0 Å². The maximum atomic E-state index is 12.7. The third-order valence-electron chi connectivity index (χ3n) is 6.00. The molecular weight excluding hydrogens is 402 g/mol. The summed E-state index contributed by atoms with van der Waals surface area (Å²) in [5.74, 6) is 1.16. The third-order valence-corrected chi connectivity index (χ3v) is 6.00. The lowest BCUT2D eigenvalue weighted by Crippen LogP contribution is -2.34. The third kappa shape index (κ3) is 4.06. The molecule has 0 atom stereocenters. The molecule has 0 radical (unpaired) electrons. The van der Waals surface area contributed by atoms with Crippen LogP contribution in [0, 0.1) is 0 Å². The molecule has 0 unspecified atom stereocenters. The molecule has 1 aliphatic rings. The molecule has 162 valence electrons. The molecule has 3 aromatic heterocycles. The van der Waals surface area contributed by atoms with E-state index in [1.54, 1.807) is 6.20 Å². The molecule has 1 N–H and O–H groups in total. The van der Waals surface area contributed by atoms with Gasteiger partial charge < -0.3 is 14.4 Å². The fraction of sp³-hybridized carbons (Fsp3) is 0.280. The number of rotatable bonds is 6. The van der Waals surface area contributed by atoms with Gasteiger partial charge in [0.25, 0.3) is 0 Å². The van der Waals surface area contributed by atoms with Crippen molar-refractivity contribution in [2.75, 3.05) is 13.1 Å². The smallest absolute Gasteiger partial charge is 0.227 e. The van der Waals surface area contributed by atoms with Crippen molar-refractivity contribution in [1.82, 2.24) is 25.0 Å². The predicted molar refractivity (Wildman–Crippen MR) is 123 cm³/mol. The summed E-state index contributed by atoms with van der Waals surface area (Å²) in [6.07, 6.45) is 8.55. The maximum absolute atomic E-state index is 12.7. The molecule has 4 heterocycles. The Morgan fingerprint density at radius 2 is 2.09 bits per heavy atom. The number of amides is 1. The first-order valence-electron chi connectivity index (χ1n) is 11.0. The van der Waals surface area contributed by atoms with Gasteiger partial charge in [-0.1, -0.05) is 42.4 Å². The van der Waals surface area contributed by atoms with Crippen molar-refractivity contribution in [1.29, 1.82) is 0 Å². The van der Waals surface area contributed by atoms with Gasteiger partial charge in [-0.25, -0.2) is 4.98 Å². The zero-order chi connectivity index (χ0) is 21.9. The Hall–Kier alpha value is -3.74. The van der Waals surface area contributed by atoms with Crippen molar-refractivity contribution in [3.05, 3.63) is 71.9 Å². The molecule has 1 aromatic carbocycles. The minimum Gasteiger partial charge on any atom is -0.346 e. The fourth-order valence-corrected chi connectivity index (χ4v) is 4.10. The van der Waals surface area contributed by atoms with E-state index in [2.05, 4.69) is 51.3 Å². The summed E-state index contributed by atoms with van der Waals surface area (Å²) in [7, 11) is 0. The summed E-state index contributed by atoms with van der Waals surface area (Å²) < 4.78 is 5.37. The van der Waals surface area contributed by atoms with Crippen LogP contribution in [0.3, 0.4) is 0 Å². The van der Waals surface area contributed by atoms with Crippen molar-refractivity contribution in [3.63, 3.8) is 0 Å². The lowest BCUT2D eigenvalue weighted by molar-refractivity contribution is -0.130. The molecule has 4 aromatic rings. The van der Waals surface area contributed by atoms with Gasteiger partial charge in [0.15, 0.2) is 0 Å². The minimum absolute atomic E-state index is 0.105. The van der Waals surface area contributed by atoms with Gasteiger partial charge in [-0.2, -0.15) is 4.98 Å². The average molecular weight is 428 g/mol. The van der Waals surface area contributed by atoms with E-state index in [0.717, 1.165) is 29.4 Å². The van der Waals surface area contributed by atoms with Gasteiger partial charge in [-0.3, -0.25) is 4.79 Å². The number of hydrogen-bond donors (Lipinski definition) is 1. The zero-order valence-corrected chi connectivity index (χ0v) is 18.0. The van der Waals surface area contributed by atoms with E-state index in [1.165, 1.54) is 16.7 Å². The standard InChI is InChI=1S/C25H25N5O2/c1-2-17-5-7-19(8-6-17)24-28-22(32-29-24)9-10-23(31)30-14-11-18(12-15-30)21-16-27-25-20(21)4-3-13-26-25/h3-8,11,13,16H,2,9-10,12,14-15H2,1H3,(H,26,27). The molecule has 5 rings (SSSR count). The number of benzene rings is 1. The molecule has 7 nitrogen and oxygen atoms in total. The first-order valence-corrected chi connectivity index (χ1v) is 11.0. The van der Waals surface area contributed by atoms with Crippen molar-refractivity contribution < 1.29 is 9.32 Å². The van der Waals surface area contributed by atoms with Crippen LogP contribution in [0.25, 0.3) is 28.0 Å². The van der Waals surface area contributed by atoms with Crippen molar-refractivity contribution in [2.24, 2.45) is 0 Å². The SMILES string of the molecule is CCc1ccc(-c2noc(CCC(=O)N3CC=C(c4c[nH]c5ncccc45)CC3)n2)cc1. The predicted octanol–water partition coefficient (Wildman–Crippen LogP) is 4.42.